The Balaban J connectivity index is 2.20. The quantitative estimate of drug-likeness (QED) is 0.818. The number of nitrogens with zero attached hydrogens (tertiary/aromatic N) is 1. The summed E-state index contributed by atoms with van der Waals surface area (Å²) in [5.74, 6) is 1.78. The molecule has 0 aromatic carbocycles. The van der Waals surface area contributed by atoms with Crippen LogP contribution < -0.4 is 5.73 Å². The van der Waals surface area contributed by atoms with Crippen LogP contribution >= 0.6 is 0 Å². The van der Waals surface area contributed by atoms with Gasteiger partial charge in [-0.25, -0.2) is 0 Å². The Bertz CT molecular complexity index is 301. The molecule has 2 aliphatic rings. The molecule has 0 aromatic heterocycles. The first-order chi connectivity index (χ1) is 8.06. The molecule has 3 heteroatoms. The summed E-state index contributed by atoms with van der Waals surface area (Å²) in [6.45, 7) is 3.15. The molecule has 0 radical (unpaired) electrons. The smallest absolute Gasteiger partial charge is 0.111 e. The van der Waals surface area contributed by atoms with Gasteiger partial charge in [0.05, 0.1) is 12.6 Å². The average Bonchev–Trinajstić information content (AvgIpc) is 2.81. The van der Waals surface area contributed by atoms with Gasteiger partial charge in [-0.3, -0.25) is 0 Å². The zero-order chi connectivity index (χ0) is 12.5. The Morgan fingerprint density at radius 1 is 1.53 bits per heavy atom. The summed E-state index contributed by atoms with van der Waals surface area (Å²) < 4.78 is 5.69. The molecule has 0 aromatic rings. The van der Waals surface area contributed by atoms with Gasteiger partial charge < -0.3 is 15.4 Å². The molecule has 98 valence electrons. The van der Waals surface area contributed by atoms with E-state index in [-0.39, 0.29) is 11.6 Å². The third kappa shape index (κ3) is 2.36. The van der Waals surface area contributed by atoms with Gasteiger partial charge in [-0.15, -0.1) is 0 Å². The molecule has 17 heavy (non-hydrogen) atoms. The Hall–Kier alpha value is -0.540. The van der Waals surface area contributed by atoms with Crippen LogP contribution in [0.25, 0.3) is 0 Å². The second-order valence-electron chi connectivity index (χ2n) is 5.92. The van der Waals surface area contributed by atoms with E-state index < -0.39 is 0 Å². The highest BCUT2D eigenvalue weighted by atomic mass is 16.5. The number of rotatable bonds is 3. The lowest BCUT2D eigenvalue weighted by Crippen LogP contribution is -2.60. The van der Waals surface area contributed by atoms with Crippen molar-refractivity contribution in [1.82, 2.24) is 4.90 Å². The molecule has 1 aliphatic heterocycles. The predicted molar refractivity (Wildman–Crippen MR) is 70.7 cm³/mol. The first-order valence-electron chi connectivity index (χ1n) is 6.82. The molecule has 0 saturated heterocycles. The van der Waals surface area contributed by atoms with Crippen LogP contribution in [0.2, 0.25) is 0 Å². The minimum atomic E-state index is 0.0303. The van der Waals surface area contributed by atoms with Crippen LogP contribution in [0.3, 0.4) is 0 Å². The Morgan fingerprint density at radius 3 is 2.82 bits per heavy atom. The van der Waals surface area contributed by atoms with Crippen molar-refractivity contribution in [2.45, 2.75) is 50.6 Å². The molecule has 3 unspecified atom stereocenters. The van der Waals surface area contributed by atoms with Crippen LogP contribution in [-0.2, 0) is 4.74 Å². The standard InChI is InChI=1S/C14H26N2O/c1-11-6-4-8-14(10-11,16(2)3)13(15)12-7-5-9-17-12/h7,11,13H,4-6,8-10,15H2,1-3H3. The second-order valence-corrected chi connectivity index (χ2v) is 5.92. The summed E-state index contributed by atoms with van der Waals surface area (Å²) >= 11 is 0. The van der Waals surface area contributed by atoms with E-state index in [4.69, 9.17) is 10.5 Å². The molecule has 1 aliphatic carbocycles. The molecule has 1 heterocycles. The fraction of sp³-hybridized carbons (Fsp3) is 0.857. The van der Waals surface area contributed by atoms with Crippen LogP contribution in [-0.4, -0.2) is 37.2 Å². The fourth-order valence-corrected chi connectivity index (χ4v) is 3.45. The molecule has 0 bridgehead atoms. The summed E-state index contributed by atoms with van der Waals surface area (Å²) in [6, 6.07) is 0.0303. The molecular weight excluding hydrogens is 212 g/mol. The second kappa shape index (κ2) is 4.99. The molecule has 0 amide bonds. The minimum absolute atomic E-state index is 0.0303. The van der Waals surface area contributed by atoms with Crippen molar-refractivity contribution >= 4 is 0 Å². The SMILES string of the molecule is CC1CCCC(C(N)C2=CCCO2)(N(C)C)C1. The van der Waals surface area contributed by atoms with Gasteiger partial charge in [0.2, 0.25) is 0 Å². The highest BCUT2D eigenvalue weighted by Gasteiger charge is 2.44. The average molecular weight is 238 g/mol. The summed E-state index contributed by atoms with van der Waals surface area (Å²) in [4.78, 5) is 2.33. The van der Waals surface area contributed by atoms with Crippen LogP contribution in [0, 0.1) is 5.92 Å². The molecular formula is C14H26N2O. The number of hydrogen-bond acceptors (Lipinski definition) is 3. The number of likely N-dealkylation sites (N-methyl/N-ethyl adjacent to an activating group) is 1. The van der Waals surface area contributed by atoms with Gasteiger partial charge in [0.15, 0.2) is 0 Å². The third-order valence-corrected chi connectivity index (χ3v) is 4.52. The molecule has 3 nitrogen and oxygen atoms in total. The van der Waals surface area contributed by atoms with Crippen molar-refractivity contribution in [3.8, 4) is 0 Å². The van der Waals surface area contributed by atoms with E-state index in [0.717, 1.165) is 24.7 Å². The van der Waals surface area contributed by atoms with Gasteiger partial charge in [-0.2, -0.15) is 0 Å². The number of ether oxygens (including phenoxy) is 1. The van der Waals surface area contributed by atoms with Gasteiger partial charge in [0, 0.05) is 12.0 Å². The molecule has 2 N–H and O–H groups in total. The largest absolute Gasteiger partial charge is 0.496 e. The van der Waals surface area contributed by atoms with E-state index in [1.54, 1.807) is 0 Å². The third-order valence-electron chi connectivity index (χ3n) is 4.52. The van der Waals surface area contributed by atoms with Crippen LogP contribution in [0.15, 0.2) is 11.8 Å². The molecule has 3 atom stereocenters. The van der Waals surface area contributed by atoms with Gasteiger partial charge >= 0.3 is 0 Å². The predicted octanol–water partition coefficient (Wildman–Crippen LogP) is 2.13. The zero-order valence-electron chi connectivity index (χ0n) is 11.4. The maximum atomic E-state index is 6.52. The summed E-state index contributed by atoms with van der Waals surface area (Å²) in [5, 5.41) is 0. The van der Waals surface area contributed by atoms with Crippen molar-refractivity contribution in [3.63, 3.8) is 0 Å². The van der Waals surface area contributed by atoms with Crippen molar-refractivity contribution in [1.29, 1.82) is 0 Å². The van der Waals surface area contributed by atoms with E-state index in [0.29, 0.717) is 0 Å². The molecule has 1 fully saturated rings. The van der Waals surface area contributed by atoms with Crippen molar-refractivity contribution < 1.29 is 4.74 Å². The lowest BCUT2D eigenvalue weighted by atomic mass is 9.71. The molecule has 0 spiro atoms. The Labute approximate surface area is 105 Å². The maximum Gasteiger partial charge on any atom is 0.111 e. The van der Waals surface area contributed by atoms with Gasteiger partial charge in [-0.05, 0) is 38.9 Å². The number of nitrogens with two attached hydrogens (primary N) is 1. The number of hydrogen-bond donors (Lipinski definition) is 1. The Kier molecular flexibility index (Phi) is 3.79. The topological polar surface area (TPSA) is 38.5 Å². The summed E-state index contributed by atoms with van der Waals surface area (Å²) in [5.41, 5.74) is 6.61. The zero-order valence-corrected chi connectivity index (χ0v) is 11.4. The van der Waals surface area contributed by atoms with Crippen molar-refractivity contribution in [2.24, 2.45) is 11.7 Å². The van der Waals surface area contributed by atoms with E-state index in [9.17, 15) is 0 Å². The van der Waals surface area contributed by atoms with E-state index in [1.165, 1.54) is 25.7 Å². The highest BCUT2D eigenvalue weighted by molar-refractivity contribution is 5.17. The fourth-order valence-electron chi connectivity index (χ4n) is 3.45. The summed E-state index contributed by atoms with van der Waals surface area (Å²) in [6.07, 6.45) is 8.17. The van der Waals surface area contributed by atoms with Gasteiger partial charge in [0.1, 0.15) is 5.76 Å². The summed E-state index contributed by atoms with van der Waals surface area (Å²) in [7, 11) is 4.32. The minimum Gasteiger partial charge on any atom is -0.496 e. The van der Waals surface area contributed by atoms with E-state index in [2.05, 4.69) is 32.0 Å². The molecule has 1 saturated carbocycles. The maximum absolute atomic E-state index is 6.52. The van der Waals surface area contributed by atoms with Crippen LogP contribution in [0.4, 0.5) is 0 Å². The lowest BCUT2D eigenvalue weighted by Gasteiger charge is -2.48. The highest BCUT2D eigenvalue weighted by Crippen LogP contribution is 2.40. The first kappa shape index (κ1) is 12.9. The first-order valence-corrected chi connectivity index (χ1v) is 6.82. The van der Waals surface area contributed by atoms with Crippen molar-refractivity contribution in [2.75, 3.05) is 20.7 Å². The van der Waals surface area contributed by atoms with E-state index >= 15 is 0 Å². The lowest BCUT2D eigenvalue weighted by molar-refractivity contribution is 0.0423. The van der Waals surface area contributed by atoms with Gasteiger partial charge in [-0.1, -0.05) is 19.8 Å². The monoisotopic (exact) mass is 238 g/mol. The normalized spacial score (nSPS) is 35.6. The van der Waals surface area contributed by atoms with Crippen LogP contribution in [0.5, 0.6) is 0 Å². The van der Waals surface area contributed by atoms with Crippen molar-refractivity contribution in [3.05, 3.63) is 11.8 Å². The van der Waals surface area contributed by atoms with Crippen LogP contribution in [0.1, 0.15) is 39.0 Å². The Morgan fingerprint density at radius 2 is 2.29 bits per heavy atom. The van der Waals surface area contributed by atoms with E-state index in [1.807, 2.05) is 0 Å². The molecule has 2 rings (SSSR count). The van der Waals surface area contributed by atoms with Gasteiger partial charge in [0.25, 0.3) is 0 Å².